The SMILES string of the molecule is CC(C)(C)P(C[C]1[C][C][C][C]1P(c1ccccc1)c1ccccc1)C(C)(C)C. The van der Waals surface area contributed by atoms with Crippen LogP contribution in [0.4, 0.5) is 0 Å². The highest BCUT2D eigenvalue weighted by molar-refractivity contribution is 7.76. The molecule has 2 aromatic carbocycles. The maximum Gasteiger partial charge on any atom is 0.0245 e. The van der Waals surface area contributed by atoms with Crippen molar-refractivity contribution in [1.29, 1.82) is 0 Å². The standard InChI is InChI=1S/C26H30P2/c1-25(2,3)27(26(4,5)6)20-21-14-13-19-24(21)28(22-15-9-7-10-16-22)23-17-11-8-12-18-23/h7-12,15-18H,20H2,1-6H3. The lowest BCUT2D eigenvalue weighted by Gasteiger charge is -2.44. The molecule has 144 valence electrons. The molecule has 1 saturated carbocycles. The Kier molecular flexibility index (Phi) is 7.05. The van der Waals surface area contributed by atoms with E-state index in [9.17, 15) is 0 Å². The summed E-state index contributed by atoms with van der Waals surface area (Å²) in [6.45, 7) is 14.3. The molecule has 0 bridgehead atoms. The fourth-order valence-corrected chi connectivity index (χ4v) is 9.77. The average Bonchev–Trinajstić information content (AvgIpc) is 3.08. The van der Waals surface area contributed by atoms with E-state index in [4.69, 9.17) is 0 Å². The van der Waals surface area contributed by atoms with E-state index >= 15 is 0 Å². The Labute approximate surface area is 176 Å². The van der Waals surface area contributed by atoms with E-state index in [-0.39, 0.29) is 18.2 Å². The van der Waals surface area contributed by atoms with E-state index < -0.39 is 7.92 Å². The highest BCUT2D eigenvalue weighted by Crippen LogP contribution is 2.65. The van der Waals surface area contributed by atoms with Crippen molar-refractivity contribution in [2.45, 2.75) is 51.9 Å². The minimum Gasteiger partial charge on any atom is -0.0950 e. The first-order valence-corrected chi connectivity index (χ1v) is 12.7. The van der Waals surface area contributed by atoms with Crippen molar-refractivity contribution < 1.29 is 0 Å². The van der Waals surface area contributed by atoms with Crippen molar-refractivity contribution in [3.63, 3.8) is 0 Å². The molecule has 0 unspecified atom stereocenters. The fourth-order valence-electron chi connectivity index (χ4n) is 3.81. The van der Waals surface area contributed by atoms with Crippen LogP contribution < -0.4 is 10.6 Å². The molecule has 0 aliphatic heterocycles. The van der Waals surface area contributed by atoms with Gasteiger partial charge in [0.25, 0.3) is 0 Å². The molecule has 0 N–H and O–H groups in total. The van der Waals surface area contributed by atoms with Gasteiger partial charge < -0.3 is 0 Å². The molecule has 2 heteroatoms. The van der Waals surface area contributed by atoms with Crippen molar-refractivity contribution in [2.75, 3.05) is 6.16 Å². The fraction of sp³-hybridized carbons (Fsp3) is 0.346. The van der Waals surface area contributed by atoms with Gasteiger partial charge in [-0.1, -0.05) is 110 Å². The van der Waals surface area contributed by atoms with E-state index in [1.54, 1.807) is 0 Å². The lowest BCUT2D eigenvalue weighted by atomic mass is 10.1. The normalized spacial score (nSPS) is 17.0. The molecule has 1 aliphatic carbocycles. The monoisotopic (exact) mass is 404 g/mol. The molecule has 0 amide bonds. The lowest BCUT2D eigenvalue weighted by Crippen LogP contribution is -2.29. The first-order valence-electron chi connectivity index (χ1n) is 9.86. The second-order valence-corrected chi connectivity index (χ2v) is 15.1. The summed E-state index contributed by atoms with van der Waals surface area (Å²) in [5.41, 5.74) is 1.30. The van der Waals surface area contributed by atoms with Crippen molar-refractivity contribution in [2.24, 2.45) is 0 Å². The number of hydrogen-bond acceptors (Lipinski definition) is 0. The van der Waals surface area contributed by atoms with Crippen molar-refractivity contribution >= 4 is 26.5 Å². The molecular weight excluding hydrogens is 374 g/mol. The summed E-state index contributed by atoms with van der Waals surface area (Å²) in [7, 11) is -0.873. The molecule has 0 spiro atoms. The molecule has 0 heterocycles. The zero-order chi connectivity index (χ0) is 20.4. The third-order valence-corrected chi connectivity index (χ3v) is 11.2. The number of benzene rings is 2. The molecule has 2 aromatic rings. The van der Waals surface area contributed by atoms with E-state index in [0.29, 0.717) is 0 Å². The van der Waals surface area contributed by atoms with Gasteiger partial charge in [0, 0.05) is 30.8 Å². The quantitative estimate of drug-likeness (QED) is 0.495. The molecule has 28 heavy (non-hydrogen) atoms. The summed E-state index contributed by atoms with van der Waals surface area (Å²) in [4.78, 5) is 0. The molecule has 1 fully saturated rings. The highest BCUT2D eigenvalue weighted by Gasteiger charge is 2.43. The van der Waals surface area contributed by atoms with Gasteiger partial charge in [-0.25, -0.2) is 0 Å². The largest absolute Gasteiger partial charge is 0.0950 e. The van der Waals surface area contributed by atoms with Crippen LogP contribution in [-0.4, -0.2) is 16.5 Å². The molecule has 1 aliphatic rings. The van der Waals surface area contributed by atoms with Crippen LogP contribution in [0, 0.1) is 30.8 Å². The van der Waals surface area contributed by atoms with Crippen molar-refractivity contribution in [1.82, 2.24) is 0 Å². The van der Waals surface area contributed by atoms with Gasteiger partial charge in [0.2, 0.25) is 0 Å². The molecule has 3 rings (SSSR count). The van der Waals surface area contributed by atoms with Crippen LogP contribution in [0.5, 0.6) is 0 Å². The minimum absolute atomic E-state index is 0.233. The van der Waals surface area contributed by atoms with Gasteiger partial charge in [-0.15, -0.1) is 0 Å². The topological polar surface area (TPSA) is 0 Å². The zero-order valence-electron chi connectivity index (χ0n) is 17.9. The van der Waals surface area contributed by atoms with Crippen LogP contribution in [0.15, 0.2) is 60.7 Å². The average molecular weight is 404 g/mol. The van der Waals surface area contributed by atoms with Crippen LogP contribution >= 0.6 is 15.8 Å². The number of rotatable bonds is 5. The lowest BCUT2D eigenvalue weighted by molar-refractivity contribution is 0.704. The smallest absolute Gasteiger partial charge is 0.0245 e. The number of hydrogen-bond donors (Lipinski definition) is 0. The van der Waals surface area contributed by atoms with Gasteiger partial charge in [0.15, 0.2) is 0 Å². The first kappa shape index (κ1) is 22.0. The van der Waals surface area contributed by atoms with Crippen LogP contribution in [0.2, 0.25) is 0 Å². The van der Waals surface area contributed by atoms with Gasteiger partial charge in [0.05, 0.1) is 0 Å². The van der Waals surface area contributed by atoms with Crippen molar-refractivity contribution in [3.05, 3.63) is 91.5 Å². The summed E-state index contributed by atoms with van der Waals surface area (Å²) in [5, 5.41) is 3.31. The third-order valence-electron chi connectivity index (χ3n) is 4.87. The Morgan fingerprint density at radius 2 is 1.14 bits per heavy atom. The second kappa shape index (κ2) is 8.98. The molecule has 0 atom stereocenters. The molecule has 8 radical (unpaired) electrons. The van der Waals surface area contributed by atoms with E-state index in [0.717, 1.165) is 6.16 Å². The molecule has 0 aromatic heterocycles. The summed E-state index contributed by atoms with van der Waals surface area (Å²) in [5.74, 6) is 1.31. The van der Waals surface area contributed by atoms with Crippen LogP contribution in [0.3, 0.4) is 0 Å². The predicted molar refractivity (Wildman–Crippen MR) is 127 cm³/mol. The van der Waals surface area contributed by atoms with Gasteiger partial charge in [0.1, 0.15) is 0 Å². The van der Waals surface area contributed by atoms with Crippen LogP contribution in [-0.2, 0) is 0 Å². The van der Waals surface area contributed by atoms with E-state index in [2.05, 4.69) is 121 Å². The third kappa shape index (κ3) is 5.26. The summed E-state index contributed by atoms with van der Waals surface area (Å²) in [6.07, 6.45) is 11.2. The molecule has 0 nitrogen and oxygen atoms in total. The van der Waals surface area contributed by atoms with Gasteiger partial charge >= 0.3 is 0 Å². The Morgan fingerprint density at radius 3 is 1.57 bits per heavy atom. The maximum absolute atomic E-state index is 3.47. The van der Waals surface area contributed by atoms with Gasteiger partial charge in [-0.3, -0.25) is 0 Å². The van der Waals surface area contributed by atoms with E-state index in [1.807, 2.05) is 0 Å². The Balaban J connectivity index is 1.94. The van der Waals surface area contributed by atoms with Crippen LogP contribution in [0.1, 0.15) is 41.5 Å². The van der Waals surface area contributed by atoms with Crippen molar-refractivity contribution in [3.8, 4) is 0 Å². The van der Waals surface area contributed by atoms with Gasteiger partial charge in [-0.2, -0.15) is 0 Å². The maximum atomic E-state index is 3.47. The first-order chi connectivity index (χ1) is 13.2. The van der Waals surface area contributed by atoms with E-state index in [1.165, 1.54) is 22.2 Å². The molecular formula is C26H30P2. The predicted octanol–water partition coefficient (Wildman–Crippen LogP) is 6.56. The van der Waals surface area contributed by atoms with Crippen LogP contribution in [0.25, 0.3) is 0 Å². The Morgan fingerprint density at radius 1 is 0.679 bits per heavy atom. The Hall–Kier alpha value is -0.700. The van der Waals surface area contributed by atoms with Gasteiger partial charge in [-0.05, 0) is 35.0 Å². The molecule has 0 saturated heterocycles. The Bertz CT molecular complexity index is 671. The summed E-state index contributed by atoms with van der Waals surface area (Å²) >= 11 is 0. The highest BCUT2D eigenvalue weighted by atomic mass is 31.1. The minimum atomic E-state index is -0.640. The zero-order valence-corrected chi connectivity index (χ0v) is 19.7. The summed E-state index contributed by atoms with van der Waals surface area (Å²) in [6, 6.07) is 21.7. The summed E-state index contributed by atoms with van der Waals surface area (Å²) < 4.78 is 0. The second-order valence-electron chi connectivity index (χ2n) is 9.14.